The summed E-state index contributed by atoms with van der Waals surface area (Å²) in [5, 5.41) is 3.40. The van der Waals surface area contributed by atoms with Crippen molar-refractivity contribution in [1.29, 1.82) is 0 Å². The fourth-order valence-corrected chi connectivity index (χ4v) is 2.68. The van der Waals surface area contributed by atoms with Crippen LogP contribution in [0.15, 0.2) is 46.9 Å². The lowest BCUT2D eigenvalue weighted by molar-refractivity contribution is 0.238. The summed E-state index contributed by atoms with van der Waals surface area (Å²) < 4.78 is 7.09. The minimum Gasteiger partial charge on any atom is -0.491 e. The molecule has 0 aromatic heterocycles. The van der Waals surface area contributed by atoms with Crippen LogP contribution in [0.25, 0.3) is 0 Å². The molecule has 2 aromatic rings. The summed E-state index contributed by atoms with van der Waals surface area (Å²) in [7, 11) is 1.98. The molecule has 0 amide bonds. The van der Waals surface area contributed by atoms with Crippen molar-refractivity contribution in [2.24, 2.45) is 0 Å². The predicted octanol–water partition coefficient (Wildman–Crippen LogP) is 4.85. The average Bonchev–Trinajstić information content (AvgIpc) is 2.44. The summed E-state index contributed by atoms with van der Waals surface area (Å²) in [6.45, 7) is 6.21. The molecule has 2 nitrogen and oxygen atoms in total. The van der Waals surface area contributed by atoms with E-state index in [-0.39, 0.29) is 12.1 Å². The first kappa shape index (κ1) is 16.1. The fourth-order valence-electron chi connectivity index (χ4n) is 2.43. The van der Waals surface area contributed by atoms with Gasteiger partial charge in [-0.25, -0.2) is 0 Å². The minimum absolute atomic E-state index is 0.117. The molecule has 0 bridgehead atoms. The third-order valence-electron chi connectivity index (χ3n) is 3.40. The van der Waals surface area contributed by atoms with E-state index in [1.54, 1.807) is 0 Å². The molecular weight excluding hydrogens is 326 g/mol. The lowest BCUT2D eigenvalue weighted by atomic mass is 9.96. The summed E-state index contributed by atoms with van der Waals surface area (Å²) in [4.78, 5) is 0. The second-order valence-corrected chi connectivity index (χ2v) is 6.29. The molecule has 0 saturated heterocycles. The molecule has 1 N–H and O–H groups in total. The van der Waals surface area contributed by atoms with Crippen molar-refractivity contribution in [3.8, 4) is 5.75 Å². The molecule has 2 aromatic carbocycles. The van der Waals surface area contributed by atoms with E-state index in [1.807, 2.05) is 19.2 Å². The Labute approximate surface area is 135 Å². The maximum atomic E-state index is 5.95. The Morgan fingerprint density at radius 1 is 1.10 bits per heavy atom. The fraction of sp³-hybridized carbons (Fsp3) is 0.333. The highest BCUT2D eigenvalue weighted by Crippen LogP contribution is 2.32. The Bertz CT molecular complexity index is 610. The highest BCUT2D eigenvalue weighted by Gasteiger charge is 2.17. The number of para-hydroxylation sites is 1. The van der Waals surface area contributed by atoms with Gasteiger partial charge in [0, 0.05) is 10.0 Å². The van der Waals surface area contributed by atoms with Crippen LogP contribution in [0.5, 0.6) is 5.75 Å². The van der Waals surface area contributed by atoms with Crippen molar-refractivity contribution in [2.45, 2.75) is 32.9 Å². The molecule has 0 aliphatic carbocycles. The van der Waals surface area contributed by atoms with Crippen LogP contribution in [0, 0.1) is 6.92 Å². The van der Waals surface area contributed by atoms with Gasteiger partial charge in [0.2, 0.25) is 0 Å². The first-order valence-electron chi connectivity index (χ1n) is 7.21. The van der Waals surface area contributed by atoms with Crippen molar-refractivity contribution in [3.05, 3.63) is 63.6 Å². The monoisotopic (exact) mass is 347 g/mol. The van der Waals surface area contributed by atoms with Crippen molar-refractivity contribution in [2.75, 3.05) is 7.05 Å². The van der Waals surface area contributed by atoms with Crippen LogP contribution in [-0.2, 0) is 0 Å². The van der Waals surface area contributed by atoms with Gasteiger partial charge in [-0.3, -0.25) is 0 Å². The number of rotatable bonds is 5. The van der Waals surface area contributed by atoms with Gasteiger partial charge >= 0.3 is 0 Å². The highest BCUT2D eigenvalue weighted by atomic mass is 79.9. The van der Waals surface area contributed by atoms with Crippen LogP contribution in [0.4, 0.5) is 0 Å². The third kappa shape index (κ3) is 3.86. The zero-order valence-corrected chi connectivity index (χ0v) is 14.6. The van der Waals surface area contributed by atoms with Crippen LogP contribution in [0.1, 0.15) is 36.6 Å². The SMILES string of the molecule is CNC(c1ccc(Br)c(C)c1)c1ccccc1OC(C)C. The topological polar surface area (TPSA) is 21.3 Å². The number of benzene rings is 2. The normalized spacial score (nSPS) is 12.5. The Kier molecular flexibility index (Phi) is 5.43. The largest absolute Gasteiger partial charge is 0.491 e. The Morgan fingerprint density at radius 3 is 2.43 bits per heavy atom. The van der Waals surface area contributed by atoms with Crippen LogP contribution in [0.3, 0.4) is 0 Å². The highest BCUT2D eigenvalue weighted by molar-refractivity contribution is 9.10. The quantitative estimate of drug-likeness (QED) is 0.834. The molecule has 0 heterocycles. The van der Waals surface area contributed by atoms with Gasteiger partial charge in [-0.05, 0) is 51.1 Å². The maximum absolute atomic E-state index is 5.95. The molecule has 112 valence electrons. The molecule has 21 heavy (non-hydrogen) atoms. The Balaban J connectivity index is 2.43. The average molecular weight is 348 g/mol. The molecule has 0 saturated carbocycles. The van der Waals surface area contributed by atoms with Gasteiger partial charge in [-0.2, -0.15) is 0 Å². The third-order valence-corrected chi connectivity index (χ3v) is 4.29. The van der Waals surface area contributed by atoms with Gasteiger partial charge in [0.1, 0.15) is 5.75 Å². The molecule has 0 fully saturated rings. The van der Waals surface area contributed by atoms with Gasteiger partial charge in [-0.15, -0.1) is 0 Å². The smallest absolute Gasteiger partial charge is 0.124 e. The number of nitrogens with one attached hydrogen (secondary N) is 1. The maximum Gasteiger partial charge on any atom is 0.124 e. The van der Waals surface area contributed by atoms with Crippen molar-refractivity contribution >= 4 is 15.9 Å². The Morgan fingerprint density at radius 2 is 1.81 bits per heavy atom. The van der Waals surface area contributed by atoms with Gasteiger partial charge in [0.05, 0.1) is 12.1 Å². The number of hydrogen-bond acceptors (Lipinski definition) is 2. The van der Waals surface area contributed by atoms with E-state index in [4.69, 9.17) is 4.74 Å². The van der Waals surface area contributed by atoms with E-state index in [9.17, 15) is 0 Å². The number of hydrogen-bond donors (Lipinski definition) is 1. The number of ether oxygens (including phenoxy) is 1. The van der Waals surface area contributed by atoms with Crippen molar-refractivity contribution in [3.63, 3.8) is 0 Å². The Hall–Kier alpha value is -1.32. The van der Waals surface area contributed by atoms with Gasteiger partial charge < -0.3 is 10.1 Å². The molecule has 1 unspecified atom stereocenters. The van der Waals surface area contributed by atoms with Crippen LogP contribution in [0.2, 0.25) is 0 Å². The summed E-state index contributed by atoms with van der Waals surface area (Å²) in [5.74, 6) is 0.937. The lowest BCUT2D eigenvalue weighted by Crippen LogP contribution is -2.19. The van der Waals surface area contributed by atoms with Crippen molar-refractivity contribution < 1.29 is 4.74 Å². The summed E-state index contributed by atoms with van der Waals surface area (Å²) in [6, 6.07) is 14.8. The van der Waals surface area contributed by atoms with Crippen molar-refractivity contribution in [1.82, 2.24) is 5.32 Å². The molecule has 1 atom stereocenters. The molecule has 2 rings (SSSR count). The minimum atomic E-state index is 0.117. The van der Waals surface area contributed by atoms with Gasteiger partial charge in [0.15, 0.2) is 0 Å². The van der Waals surface area contributed by atoms with Gasteiger partial charge in [0.25, 0.3) is 0 Å². The zero-order chi connectivity index (χ0) is 15.4. The summed E-state index contributed by atoms with van der Waals surface area (Å²) in [6.07, 6.45) is 0.162. The first-order chi connectivity index (χ1) is 10.0. The summed E-state index contributed by atoms with van der Waals surface area (Å²) >= 11 is 3.56. The molecular formula is C18H22BrNO. The van der Waals surface area contributed by atoms with E-state index in [1.165, 1.54) is 11.1 Å². The molecule has 0 aliphatic rings. The van der Waals surface area contributed by atoms with Crippen LogP contribution >= 0.6 is 15.9 Å². The van der Waals surface area contributed by atoms with E-state index in [0.29, 0.717) is 0 Å². The zero-order valence-electron chi connectivity index (χ0n) is 13.0. The molecule has 3 heteroatoms. The lowest BCUT2D eigenvalue weighted by Gasteiger charge is -2.22. The first-order valence-corrected chi connectivity index (χ1v) is 8.01. The summed E-state index contributed by atoms with van der Waals surface area (Å²) in [5.41, 5.74) is 3.63. The number of halogens is 1. The van der Waals surface area contributed by atoms with Crippen LogP contribution < -0.4 is 10.1 Å². The van der Waals surface area contributed by atoms with E-state index >= 15 is 0 Å². The molecule has 0 radical (unpaired) electrons. The second-order valence-electron chi connectivity index (χ2n) is 5.43. The van der Waals surface area contributed by atoms with Gasteiger partial charge in [-0.1, -0.05) is 46.3 Å². The number of aryl methyl sites for hydroxylation is 1. The standard InChI is InChI=1S/C18H22BrNO/c1-12(2)21-17-8-6-5-7-15(17)18(20-4)14-9-10-16(19)13(3)11-14/h5-12,18,20H,1-4H3. The van der Waals surface area contributed by atoms with E-state index in [2.05, 4.69) is 72.3 Å². The van der Waals surface area contributed by atoms with E-state index < -0.39 is 0 Å². The molecule has 0 aliphatic heterocycles. The van der Waals surface area contributed by atoms with Crippen LogP contribution in [-0.4, -0.2) is 13.2 Å². The van der Waals surface area contributed by atoms with E-state index in [0.717, 1.165) is 15.8 Å². The second kappa shape index (κ2) is 7.10. The predicted molar refractivity (Wildman–Crippen MR) is 92.0 cm³/mol. The molecule has 0 spiro atoms.